The van der Waals surface area contributed by atoms with Gasteiger partial charge in [-0.3, -0.25) is 19.2 Å². The standard InChI is InChI=1S/C14H24O4.2C12H22O3/c1-10(15)17-13(3,4)12-6-8-14(5,9-7-12)18-11(2)16;1-9(13)15-11(2,3)10-5-7-12(4,14)8-6-10;1-9(13)15-12(4)7-5-10(6-8-12)11(2,3)14/h12H,6-9H2,1-5H3;2*10,14H,5-8H2,1-4H3. The molecule has 0 unspecified atom stereocenters. The molecule has 280 valence electrons. The van der Waals surface area contributed by atoms with Crippen LogP contribution in [0.15, 0.2) is 0 Å². The molecule has 0 radical (unpaired) electrons. The molecule has 3 aliphatic carbocycles. The predicted octanol–water partition coefficient (Wildman–Crippen LogP) is 7.38. The van der Waals surface area contributed by atoms with Gasteiger partial charge >= 0.3 is 23.9 Å². The second-order valence-electron chi connectivity index (χ2n) is 17.0. The van der Waals surface area contributed by atoms with Crippen LogP contribution >= 0.6 is 0 Å². The van der Waals surface area contributed by atoms with Gasteiger partial charge in [-0.2, -0.15) is 0 Å². The monoisotopic (exact) mass is 684 g/mol. The summed E-state index contributed by atoms with van der Waals surface area (Å²) in [5.41, 5.74) is -2.64. The van der Waals surface area contributed by atoms with Gasteiger partial charge in [0.25, 0.3) is 0 Å². The first-order chi connectivity index (χ1) is 21.6. The summed E-state index contributed by atoms with van der Waals surface area (Å²) in [5, 5.41) is 19.7. The fraction of sp³-hybridized carbons (Fsp3) is 0.895. The summed E-state index contributed by atoms with van der Waals surface area (Å²) < 4.78 is 21.4. The molecule has 0 heterocycles. The van der Waals surface area contributed by atoms with Crippen LogP contribution in [0.1, 0.15) is 167 Å². The average molecular weight is 685 g/mol. The summed E-state index contributed by atoms with van der Waals surface area (Å²) in [6.07, 6.45) is 10.4. The zero-order valence-corrected chi connectivity index (χ0v) is 32.4. The van der Waals surface area contributed by atoms with E-state index in [-0.39, 0.29) is 35.1 Å². The summed E-state index contributed by atoms with van der Waals surface area (Å²) in [6, 6.07) is 0. The van der Waals surface area contributed by atoms with E-state index >= 15 is 0 Å². The first kappa shape index (κ1) is 43.8. The molecule has 0 aromatic rings. The van der Waals surface area contributed by atoms with E-state index in [1.54, 1.807) is 0 Å². The van der Waals surface area contributed by atoms with Crippen molar-refractivity contribution in [3.05, 3.63) is 0 Å². The normalized spacial score (nSPS) is 31.0. The third-order valence-electron chi connectivity index (χ3n) is 10.7. The van der Waals surface area contributed by atoms with Crippen LogP contribution in [0.5, 0.6) is 0 Å². The van der Waals surface area contributed by atoms with Crippen LogP contribution in [0.25, 0.3) is 0 Å². The second-order valence-corrected chi connectivity index (χ2v) is 17.0. The molecule has 3 aliphatic rings. The molecule has 0 aromatic carbocycles. The molecule has 48 heavy (non-hydrogen) atoms. The lowest BCUT2D eigenvalue weighted by molar-refractivity contribution is -0.168. The SMILES string of the molecule is CC(=O)OC(C)(C)C1CCC(C)(O)CC1.CC(=O)OC1(C)CCC(C(C)(C)O)CC1.CC(=O)OC1(C)CCC(C(C)(C)OC(C)=O)CC1. The lowest BCUT2D eigenvalue weighted by Crippen LogP contribution is -2.43. The van der Waals surface area contributed by atoms with Crippen LogP contribution in [0.4, 0.5) is 0 Å². The number of aliphatic hydroxyl groups is 2. The van der Waals surface area contributed by atoms with Crippen molar-refractivity contribution in [1.82, 2.24) is 0 Å². The third-order valence-corrected chi connectivity index (χ3v) is 10.7. The Kier molecular flexibility index (Phi) is 15.7. The summed E-state index contributed by atoms with van der Waals surface area (Å²) in [7, 11) is 0. The largest absolute Gasteiger partial charge is 0.460 e. The Balaban J connectivity index is 0.000000362. The summed E-state index contributed by atoms with van der Waals surface area (Å²) in [5.74, 6) is 0.104. The Labute approximate surface area is 290 Å². The maximum Gasteiger partial charge on any atom is 0.303 e. The van der Waals surface area contributed by atoms with E-state index in [4.69, 9.17) is 18.9 Å². The van der Waals surface area contributed by atoms with Crippen molar-refractivity contribution in [2.75, 3.05) is 0 Å². The highest BCUT2D eigenvalue weighted by molar-refractivity contribution is 5.67. The van der Waals surface area contributed by atoms with Crippen molar-refractivity contribution in [2.45, 2.75) is 201 Å². The van der Waals surface area contributed by atoms with Crippen LogP contribution < -0.4 is 0 Å². The average Bonchev–Trinajstić information content (AvgIpc) is 2.86. The Morgan fingerprint density at radius 3 is 1.04 bits per heavy atom. The first-order valence-corrected chi connectivity index (χ1v) is 17.8. The quantitative estimate of drug-likeness (QED) is 0.206. The molecule has 3 fully saturated rings. The van der Waals surface area contributed by atoms with Gasteiger partial charge in [0, 0.05) is 27.7 Å². The van der Waals surface area contributed by atoms with Crippen LogP contribution in [-0.2, 0) is 38.1 Å². The van der Waals surface area contributed by atoms with Gasteiger partial charge < -0.3 is 29.2 Å². The highest BCUT2D eigenvalue weighted by atomic mass is 16.6. The molecule has 10 heteroatoms. The predicted molar refractivity (Wildman–Crippen MR) is 185 cm³/mol. The van der Waals surface area contributed by atoms with Gasteiger partial charge in [0.1, 0.15) is 22.4 Å². The van der Waals surface area contributed by atoms with E-state index in [9.17, 15) is 29.4 Å². The molecule has 0 bridgehead atoms. The molecule has 2 N–H and O–H groups in total. The molecular formula is C38H68O10. The summed E-state index contributed by atoms with van der Waals surface area (Å²) in [4.78, 5) is 44.0. The number of carbonyl (C=O) groups is 4. The van der Waals surface area contributed by atoms with Gasteiger partial charge in [-0.15, -0.1) is 0 Å². The van der Waals surface area contributed by atoms with E-state index in [0.29, 0.717) is 17.8 Å². The Morgan fingerprint density at radius 2 is 0.792 bits per heavy atom. The minimum Gasteiger partial charge on any atom is -0.460 e. The number of ether oxygens (including phenoxy) is 4. The van der Waals surface area contributed by atoms with Gasteiger partial charge in [0.15, 0.2) is 0 Å². The van der Waals surface area contributed by atoms with Crippen molar-refractivity contribution in [1.29, 1.82) is 0 Å². The van der Waals surface area contributed by atoms with Crippen molar-refractivity contribution in [2.24, 2.45) is 17.8 Å². The topological polar surface area (TPSA) is 146 Å². The van der Waals surface area contributed by atoms with Crippen molar-refractivity contribution in [3.8, 4) is 0 Å². The number of rotatable bonds is 7. The Bertz CT molecular complexity index is 1060. The maximum atomic E-state index is 11.1. The van der Waals surface area contributed by atoms with Crippen LogP contribution in [-0.4, -0.2) is 67.7 Å². The van der Waals surface area contributed by atoms with Crippen LogP contribution in [0.2, 0.25) is 0 Å². The van der Waals surface area contributed by atoms with Gasteiger partial charge in [0.05, 0.1) is 11.2 Å². The third kappa shape index (κ3) is 15.6. The fourth-order valence-electron chi connectivity index (χ4n) is 7.60. The molecule has 0 amide bonds. The lowest BCUT2D eigenvalue weighted by Gasteiger charge is -2.42. The summed E-state index contributed by atoms with van der Waals surface area (Å²) in [6.45, 7) is 23.1. The van der Waals surface area contributed by atoms with Gasteiger partial charge in [-0.1, -0.05) is 0 Å². The molecule has 0 atom stereocenters. The Morgan fingerprint density at radius 1 is 0.521 bits per heavy atom. The van der Waals surface area contributed by atoms with E-state index < -0.39 is 22.4 Å². The minimum absolute atomic E-state index is 0.209. The molecular weight excluding hydrogens is 616 g/mol. The van der Waals surface area contributed by atoms with Crippen molar-refractivity contribution < 1.29 is 48.3 Å². The first-order valence-electron chi connectivity index (χ1n) is 17.8. The van der Waals surface area contributed by atoms with E-state index in [0.717, 1.165) is 77.0 Å². The van der Waals surface area contributed by atoms with Gasteiger partial charge in [0.2, 0.25) is 0 Å². The molecule has 3 saturated carbocycles. The molecule has 0 spiro atoms. The zero-order chi connectivity index (χ0) is 37.4. The molecule has 10 nitrogen and oxygen atoms in total. The molecule has 0 aliphatic heterocycles. The van der Waals surface area contributed by atoms with Crippen LogP contribution in [0.3, 0.4) is 0 Å². The van der Waals surface area contributed by atoms with E-state index in [2.05, 4.69) is 0 Å². The second kappa shape index (κ2) is 17.1. The maximum absolute atomic E-state index is 11.1. The van der Waals surface area contributed by atoms with Crippen LogP contribution in [0, 0.1) is 17.8 Å². The number of hydrogen-bond acceptors (Lipinski definition) is 10. The van der Waals surface area contributed by atoms with E-state index in [1.807, 2.05) is 62.3 Å². The number of hydrogen-bond donors (Lipinski definition) is 2. The minimum atomic E-state index is -0.614. The Hall–Kier alpha value is -2.20. The van der Waals surface area contributed by atoms with Gasteiger partial charge in [-0.25, -0.2) is 0 Å². The zero-order valence-electron chi connectivity index (χ0n) is 32.4. The van der Waals surface area contributed by atoms with Crippen molar-refractivity contribution >= 4 is 23.9 Å². The van der Waals surface area contributed by atoms with Gasteiger partial charge in [-0.05, 0) is 157 Å². The molecule has 0 saturated heterocycles. The molecule has 3 rings (SSSR count). The highest BCUT2D eigenvalue weighted by Gasteiger charge is 2.42. The van der Waals surface area contributed by atoms with Crippen molar-refractivity contribution in [3.63, 3.8) is 0 Å². The fourth-order valence-corrected chi connectivity index (χ4v) is 7.60. The number of carbonyl (C=O) groups excluding carboxylic acids is 4. The highest BCUT2D eigenvalue weighted by Crippen LogP contribution is 2.42. The lowest BCUT2D eigenvalue weighted by atomic mass is 9.73. The number of esters is 4. The molecule has 0 aromatic heterocycles. The smallest absolute Gasteiger partial charge is 0.303 e. The summed E-state index contributed by atoms with van der Waals surface area (Å²) >= 11 is 0. The van der Waals surface area contributed by atoms with E-state index in [1.165, 1.54) is 27.7 Å².